The van der Waals surface area contributed by atoms with E-state index in [1.165, 1.54) is 0 Å². The average Bonchev–Trinajstić information content (AvgIpc) is 2.56. The largest absolute Gasteiger partial charge is 0.445 e. The van der Waals surface area contributed by atoms with Crippen molar-refractivity contribution in [1.82, 2.24) is 0 Å². The van der Waals surface area contributed by atoms with Gasteiger partial charge in [0.2, 0.25) is 11.9 Å². The number of ether oxygens (including phenoxy) is 2. The molecule has 0 saturated heterocycles. The Kier molecular flexibility index (Phi) is 17.9. The van der Waals surface area contributed by atoms with E-state index in [0.717, 1.165) is 0 Å². The van der Waals surface area contributed by atoms with Gasteiger partial charge < -0.3 is 20.9 Å². The fraction of sp³-hybridized carbons (Fsp3) is 0.750. The van der Waals surface area contributed by atoms with Crippen molar-refractivity contribution in [2.24, 2.45) is 11.5 Å². The maximum atomic E-state index is 10.6. The first kappa shape index (κ1) is 30.1. The molecule has 6 N–H and O–H groups in total. The second-order valence-corrected chi connectivity index (χ2v) is 7.43. The van der Waals surface area contributed by atoms with Gasteiger partial charge in [-0.05, 0) is 0 Å². The van der Waals surface area contributed by atoms with Crippen molar-refractivity contribution >= 4 is 70.0 Å². The lowest BCUT2D eigenvalue weighted by Crippen LogP contribution is -2.34. The molecule has 156 valence electrons. The van der Waals surface area contributed by atoms with Gasteiger partial charge in [-0.15, -0.1) is 0 Å². The van der Waals surface area contributed by atoms with Crippen LogP contribution in [0.25, 0.3) is 0 Å². The minimum Gasteiger partial charge on any atom is -0.445 e. The Bertz CT molecular complexity index is 568. The molecule has 0 saturated carbocycles. The van der Waals surface area contributed by atoms with Crippen molar-refractivity contribution in [1.29, 1.82) is 0 Å². The van der Waals surface area contributed by atoms with Crippen molar-refractivity contribution < 1.29 is 49.2 Å². The summed E-state index contributed by atoms with van der Waals surface area (Å²) < 4.78 is 72.6. The fourth-order valence-corrected chi connectivity index (χ4v) is 1.46. The minimum absolute atomic E-state index is 0.0459. The van der Waals surface area contributed by atoms with Crippen LogP contribution >= 0.6 is 25.3 Å². The molecule has 0 aliphatic carbocycles. The predicted octanol–water partition coefficient (Wildman–Crippen LogP) is -3.07. The van der Waals surface area contributed by atoms with Gasteiger partial charge in [-0.2, -0.15) is 46.3 Å². The normalized spacial score (nSPS) is 13.0. The maximum absolute atomic E-state index is 10.6. The molecule has 13 nitrogen and oxygen atoms in total. The van der Waals surface area contributed by atoms with Crippen LogP contribution in [0.1, 0.15) is 0 Å². The van der Waals surface area contributed by atoms with E-state index in [1.54, 1.807) is 0 Å². The molecule has 0 bridgehead atoms. The SMILES string of the molecule is N[C@@H](CS)C(=O)OCS(=O)(=O)O.N[C@@H](CS)C(=O)OCS(=O)(=O)O.O=S. The monoisotopic (exact) mass is 478 g/mol. The van der Waals surface area contributed by atoms with Crippen LogP contribution in [-0.2, 0) is 51.8 Å². The molecule has 0 aliphatic rings. The molecule has 0 rings (SSSR count). The highest BCUT2D eigenvalue weighted by Gasteiger charge is 2.16. The topological polar surface area (TPSA) is 230 Å². The second-order valence-electron chi connectivity index (χ2n) is 3.90. The number of carbonyl (C=O) groups is 2. The summed E-state index contributed by atoms with van der Waals surface area (Å²) in [7, 11) is -8.57. The minimum atomic E-state index is -4.28. The molecule has 0 aromatic rings. The molecule has 0 aliphatic heterocycles. The van der Waals surface area contributed by atoms with Gasteiger partial charge in [0.15, 0.2) is 12.5 Å². The molecule has 0 heterocycles. The highest BCUT2D eigenvalue weighted by atomic mass is 32.2. The van der Waals surface area contributed by atoms with E-state index in [1.807, 2.05) is 0 Å². The third-order valence-electron chi connectivity index (χ3n) is 1.70. The number of thiol groups is 2. The molecule has 26 heavy (non-hydrogen) atoms. The third kappa shape index (κ3) is 21.4. The van der Waals surface area contributed by atoms with Gasteiger partial charge >= 0.3 is 32.2 Å². The standard InChI is InChI=1S/2C4H9NO5S2.OS/c2*5-3(1-11)4(6)10-2-12(7,8)9;1-2/h2*3,11H,1-2,5H2,(H,7,8,9);/t2*3-;/m00./s1. The van der Waals surface area contributed by atoms with Crippen LogP contribution < -0.4 is 11.5 Å². The van der Waals surface area contributed by atoms with Gasteiger partial charge in [-0.1, -0.05) is 0 Å². The summed E-state index contributed by atoms with van der Waals surface area (Å²) >= 11 is 10.2. The molecule has 0 spiro atoms. The van der Waals surface area contributed by atoms with E-state index in [4.69, 9.17) is 24.8 Å². The van der Waals surface area contributed by atoms with E-state index in [9.17, 15) is 26.4 Å². The maximum Gasteiger partial charge on any atom is 0.324 e. The molecule has 0 aromatic heterocycles. The van der Waals surface area contributed by atoms with Gasteiger partial charge in [-0.25, -0.2) is 0 Å². The van der Waals surface area contributed by atoms with Crippen molar-refractivity contribution in [3.8, 4) is 0 Å². The summed E-state index contributed by atoms with van der Waals surface area (Å²) in [6, 6.07) is -1.95. The molecule has 0 unspecified atom stereocenters. The summed E-state index contributed by atoms with van der Waals surface area (Å²) in [6.07, 6.45) is 0. The molecule has 0 aromatic carbocycles. The van der Waals surface area contributed by atoms with Crippen molar-refractivity contribution in [2.45, 2.75) is 12.1 Å². The Morgan fingerprint density at radius 2 is 1.08 bits per heavy atom. The molecule has 0 amide bonds. The predicted molar refractivity (Wildman–Crippen MR) is 96.8 cm³/mol. The Hall–Kier alpha value is -0.600. The number of rotatable bonds is 8. The molecular weight excluding hydrogens is 460 g/mol. The lowest BCUT2D eigenvalue weighted by Gasteiger charge is -2.06. The second kappa shape index (κ2) is 15.5. The zero-order chi connectivity index (χ0) is 21.6. The molecule has 0 fully saturated rings. The van der Waals surface area contributed by atoms with Gasteiger partial charge in [0, 0.05) is 11.5 Å². The lowest BCUT2D eigenvalue weighted by atomic mass is 10.4. The summed E-state index contributed by atoms with van der Waals surface area (Å²) in [6.45, 7) is 0. The van der Waals surface area contributed by atoms with Gasteiger partial charge in [0.25, 0.3) is 0 Å². The number of hydrogen-bond acceptors (Lipinski definition) is 14. The highest BCUT2D eigenvalue weighted by molar-refractivity contribution is 7.85. The first-order chi connectivity index (χ1) is 11.7. The highest BCUT2D eigenvalue weighted by Crippen LogP contribution is 1.92. The lowest BCUT2D eigenvalue weighted by molar-refractivity contribution is -0.143. The fourth-order valence-electron chi connectivity index (χ4n) is 0.628. The van der Waals surface area contributed by atoms with Gasteiger partial charge in [0.1, 0.15) is 12.1 Å². The first-order valence-electron chi connectivity index (χ1n) is 5.86. The van der Waals surface area contributed by atoms with E-state index >= 15 is 0 Å². The van der Waals surface area contributed by atoms with Crippen molar-refractivity contribution in [2.75, 3.05) is 23.4 Å². The Morgan fingerprint density at radius 1 is 0.846 bits per heavy atom. The van der Waals surface area contributed by atoms with Crippen LogP contribution in [0, 0.1) is 0 Å². The van der Waals surface area contributed by atoms with Gasteiger partial charge in [0.05, 0.1) is 0 Å². The Balaban J connectivity index is -0.000000371. The number of hydrogen-bond donors (Lipinski definition) is 6. The van der Waals surface area contributed by atoms with E-state index in [0.29, 0.717) is 0 Å². The van der Waals surface area contributed by atoms with Crippen LogP contribution in [-0.4, -0.2) is 77.6 Å². The van der Waals surface area contributed by atoms with Crippen molar-refractivity contribution in [3.05, 3.63) is 0 Å². The zero-order valence-electron chi connectivity index (χ0n) is 12.8. The summed E-state index contributed by atoms with van der Waals surface area (Å²) in [5.41, 5.74) is 10.2. The van der Waals surface area contributed by atoms with Gasteiger partial charge in [-0.3, -0.25) is 18.7 Å². The van der Waals surface area contributed by atoms with Crippen LogP contribution in [0.3, 0.4) is 0 Å². The van der Waals surface area contributed by atoms with Crippen LogP contribution in [0.4, 0.5) is 0 Å². The number of nitrogens with two attached hydrogens (primary N) is 2. The van der Waals surface area contributed by atoms with E-state index in [2.05, 4.69) is 47.3 Å². The smallest absolute Gasteiger partial charge is 0.324 e. The number of carbonyl (C=O) groups excluding carboxylic acids is 2. The van der Waals surface area contributed by atoms with E-state index in [-0.39, 0.29) is 11.5 Å². The Labute approximate surface area is 166 Å². The average molecular weight is 479 g/mol. The third-order valence-corrected chi connectivity index (χ3v) is 3.32. The number of esters is 2. The Morgan fingerprint density at radius 3 is 1.23 bits per heavy atom. The molecule has 0 radical (unpaired) electrons. The summed E-state index contributed by atoms with van der Waals surface area (Å²) in [4.78, 5) is 21.3. The first-order valence-corrected chi connectivity index (χ1v) is 10.7. The van der Waals surface area contributed by atoms with E-state index < -0.39 is 56.1 Å². The van der Waals surface area contributed by atoms with Crippen LogP contribution in [0.5, 0.6) is 0 Å². The van der Waals surface area contributed by atoms with Crippen LogP contribution in [0.2, 0.25) is 0 Å². The zero-order valence-corrected chi connectivity index (χ0v) is 17.1. The quantitative estimate of drug-likeness (QED) is 0.115. The van der Waals surface area contributed by atoms with Crippen LogP contribution in [0.15, 0.2) is 0 Å². The molecule has 18 heteroatoms. The molecular formula is C8H18N2O11S5. The van der Waals surface area contributed by atoms with Crippen molar-refractivity contribution in [3.63, 3.8) is 0 Å². The summed E-state index contributed by atoms with van der Waals surface area (Å²) in [5, 5.41) is 0. The summed E-state index contributed by atoms with van der Waals surface area (Å²) in [5.74, 6) is -3.89. The molecule has 2 atom stereocenters.